The molecule has 4 aliphatic carbocycles. The SMILES string of the molecule is CCCN1C(=O)[C@@H]2CCN2C(=O)[C@H](C)N(C)C(=O)[C@H]([C@@H](C)CC)NC(=O)[C@H](CC(C)C)N(C)C(=O)C[C@@H](C(=O)N(C)C)N(C)C(=O)[C@H](C2CCCC2)N(C)C(=O)C2(CCC2)NC(=O)[C@@H]2CC(F)(F)CN2C(=O)[C@H](CCC2CCC(C(F)(F)F)C(Cl)C2)NC(=O)CN(C)C(=O)[C@@H]1CC1CCC(C(F)(F)F)CC1. The van der Waals surface area contributed by atoms with Crippen LogP contribution in [0.2, 0.25) is 0 Å². The van der Waals surface area contributed by atoms with Gasteiger partial charge in [0.1, 0.15) is 59.9 Å². The van der Waals surface area contributed by atoms with E-state index in [9.17, 15) is 59.9 Å². The highest BCUT2D eigenvalue weighted by molar-refractivity contribution is 6.21. The summed E-state index contributed by atoms with van der Waals surface area (Å²) in [6.07, 6.45) is -9.89. The number of hydrogen-bond donors (Lipinski definition) is 3. The quantitative estimate of drug-likeness (QED) is 0.123. The van der Waals surface area contributed by atoms with Crippen LogP contribution in [0.5, 0.6) is 0 Å². The number of rotatable bonds is 13. The van der Waals surface area contributed by atoms with Crippen molar-refractivity contribution >= 4 is 82.5 Å². The van der Waals surface area contributed by atoms with Crippen molar-refractivity contribution in [1.82, 2.24) is 60.0 Å². The maximum absolute atomic E-state index is 16.2. The Morgan fingerprint density at radius 1 is 0.660 bits per heavy atom. The third-order valence-electron chi connectivity index (χ3n) is 23.9. The lowest BCUT2D eigenvalue weighted by Crippen LogP contribution is -2.68. The first kappa shape index (κ1) is 86.6. The Bertz CT molecular complexity index is 3190. The van der Waals surface area contributed by atoms with Crippen LogP contribution >= 0.6 is 11.6 Å². The maximum atomic E-state index is 16.2. The standard InChI is InChI=1S/C73H113ClF8N12O12/c1-14-32-92-54(36-45-21-25-47(26-22-45)72(77,78)79)65(102)87(9)39-56(95)83-50(28-24-44-23-27-48(49(74)35-44)73(80,81)82)63(100)94-40-71(75,76)38-55(94)61(98)85-70(30-18-31-70)69(106)91(13)59(46-19-16-17-20-46)68(105)90(12)53(64(101)86(7)8)37-57(96)89(11)52(34-41(3)4)60(97)84-58(42(5)15-2)67(104)88(10)43(6)62(99)93-33-29-51(93)66(92)103/h41-55,58-59H,14-40H2,1-13H3,(H,83,95)(H,84,97)(H,85,98)/t42-,43-,44?,45?,47?,48?,49?,50-,51-,52-,53-,54-,55-,58-,59-/m0/s1. The van der Waals surface area contributed by atoms with Gasteiger partial charge in [0.25, 0.3) is 5.92 Å². The fourth-order valence-electron chi connectivity index (χ4n) is 16.8. The van der Waals surface area contributed by atoms with Gasteiger partial charge in [0.2, 0.25) is 70.9 Å². The molecule has 7 aliphatic rings. The second kappa shape index (κ2) is 35.8. The Balaban J connectivity index is 1.31. The molecule has 4 saturated carbocycles. The van der Waals surface area contributed by atoms with Crippen molar-refractivity contribution in [2.24, 2.45) is 41.4 Å². The van der Waals surface area contributed by atoms with Crippen LogP contribution in [0.4, 0.5) is 35.1 Å². The van der Waals surface area contributed by atoms with Gasteiger partial charge in [-0.3, -0.25) is 57.5 Å². The zero-order chi connectivity index (χ0) is 79.2. The molecule has 0 aromatic heterocycles. The molecule has 7 rings (SSSR count). The fraction of sp³-hybridized carbons (Fsp3) is 0.836. The van der Waals surface area contributed by atoms with Gasteiger partial charge in [-0.05, 0) is 152 Å². The molecule has 600 valence electrons. The first-order valence-electron chi connectivity index (χ1n) is 37.9. The molecule has 3 saturated heterocycles. The lowest BCUT2D eigenvalue weighted by molar-refractivity contribution is -0.184. The minimum atomic E-state index is -4.63. The third-order valence-corrected chi connectivity index (χ3v) is 24.4. The Labute approximate surface area is 622 Å². The van der Waals surface area contributed by atoms with Gasteiger partial charge in [0, 0.05) is 74.2 Å². The maximum Gasteiger partial charge on any atom is 0.393 e. The lowest BCUT2D eigenvalue weighted by atomic mass is 9.74. The number of halogens is 9. The number of alkyl halides is 9. The molecule has 3 aliphatic heterocycles. The van der Waals surface area contributed by atoms with E-state index in [1.807, 2.05) is 0 Å². The summed E-state index contributed by atoms with van der Waals surface area (Å²) in [6, 6.07) is -13.3. The van der Waals surface area contributed by atoms with Crippen molar-refractivity contribution in [3.8, 4) is 0 Å². The molecule has 0 bridgehead atoms. The van der Waals surface area contributed by atoms with Crippen LogP contribution in [-0.4, -0.2) is 274 Å². The highest BCUT2D eigenvalue weighted by Crippen LogP contribution is 2.46. The number of fused-ring (bicyclic) bond motifs is 2. The van der Waals surface area contributed by atoms with Gasteiger partial charge in [0.15, 0.2) is 0 Å². The number of amides is 12. The van der Waals surface area contributed by atoms with E-state index in [4.69, 9.17) is 11.6 Å². The highest BCUT2D eigenvalue weighted by Gasteiger charge is 2.57. The summed E-state index contributed by atoms with van der Waals surface area (Å²) >= 11 is 6.34. The normalized spacial score (nSPS) is 31.7. The number of nitrogens with zero attached hydrogens (tertiary/aromatic N) is 9. The number of hydrogen-bond acceptors (Lipinski definition) is 12. The highest BCUT2D eigenvalue weighted by atomic mass is 35.5. The van der Waals surface area contributed by atoms with Gasteiger partial charge >= 0.3 is 12.4 Å². The summed E-state index contributed by atoms with van der Waals surface area (Å²) in [5, 5.41) is 6.72. The minimum absolute atomic E-state index is 0.00209. The molecule has 7 fully saturated rings. The first-order chi connectivity index (χ1) is 49.4. The molecular formula is C73H113ClF8N12O12. The van der Waals surface area contributed by atoms with Gasteiger partial charge in [-0.1, -0.05) is 53.9 Å². The van der Waals surface area contributed by atoms with E-state index >= 15 is 32.8 Å². The molecule has 0 radical (unpaired) electrons. The molecule has 33 heteroatoms. The topological polar surface area (TPSA) is 270 Å². The second-order valence-electron chi connectivity index (χ2n) is 32.0. The van der Waals surface area contributed by atoms with Crippen LogP contribution in [0, 0.1) is 41.4 Å². The van der Waals surface area contributed by atoms with Crippen molar-refractivity contribution < 1.29 is 92.7 Å². The van der Waals surface area contributed by atoms with E-state index in [2.05, 4.69) is 16.0 Å². The van der Waals surface area contributed by atoms with Crippen molar-refractivity contribution in [3.63, 3.8) is 0 Å². The van der Waals surface area contributed by atoms with Crippen LogP contribution in [0.15, 0.2) is 0 Å². The Morgan fingerprint density at radius 2 is 1.28 bits per heavy atom. The predicted molar refractivity (Wildman–Crippen MR) is 375 cm³/mol. The van der Waals surface area contributed by atoms with Gasteiger partial charge in [-0.15, -0.1) is 11.6 Å². The number of likely N-dealkylation sites (N-methyl/N-ethyl adjacent to an activating group) is 6. The van der Waals surface area contributed by atoms with Crippen molar-refractivity contribution in [3.05, 3.63) is 0 Å². The van der Waals surface area contributed by atoms with E-state index < -0.39 is 222 Å². The summed E-state index contributed by atoms with van der Waals surface area (Å²) in [6.45, 7) is 7.85. The summed E-state index contributed by atoms with van der Waals surface area (Å²) in [7, 11) is 9.40. The smallest absolute Gasteiger partial charge is 0.347 e. The molecule has 3 heterocycles. The summed E-state index contributed by atoms with van der Waals surface area (Å²) in [5.41, 5.74) is -1.84. The Hall–Kier alpha value is -6.63. The molecular weight excluding hydrogens is 1420 g/mol. The van der Waals surface area contributed by atoms with Crippen LogP contribution in [0.25, 0.3) is 0 Å². The lowest BCUT2D eigenvalue weighted by Gasteiger charge is -2.46. The third kappa shape index (κ3) is 20.2. The molecule has 0 aromatic carbocycles. The first-order valence-corrected chi connectivity index (χ1v) is 38.3. The van der Waals surface area contributed by atoms with E-state index in [0.29, 0.717) is 43.4 Å². The second-order valence-corrected chi connectivity index (χ2v) is 32.6. The van der Waals surface area contributed by atoms with Crippen molar-refractivity contribution in [1.29, 1.82) is 0 Å². The molecule has 13 atom stereocenters. The Kier molecular flexibility index (Phi) is 29.3. The number of carbonyl (C=O) groups is 12. The van der Waals surface area contributed by atoms with Crippen LogP contribution in [-0.2, 0) is 57.5 Å². The molecule has 3 N–H and O–H groups in total. The molecule has 106 heavy (non-hydrogen) atoms. The van der Waals surface area contributed by atoms with Gasteiger partial charge in [-0.25, -0.2) is 8.78 Å². The van der Waals surface area contributed by atoms with Gasteiger partial charge < -0.3 is 60.0 Å². The molecule has 24 nitrogen and oxygen atoms in total. The zero-order valence-corrected chi connectivity index (χ0v) is 64.5. The molecule has 1 spiro atoms. The summed E-state index contributed by atoms with van der Waals surface area (Å²) in [4.78, 5) is 190. The minimum Gasteiger partial charge on any atom is -0.347 e. The monoisotopic (exact) mass is 1540 g/mol. The Morgan fingerprint density at radius 3 is 1.81 bits per heavy atom. The largest absolute Gasteiger partial charge is 0.393 e. The fourth-order valence-corrected chi connectivity index (χ4v) is 17.3. The van der Waals surface area contributed by atoms with Crippen LogP contribution < -0.4 is 16.0 Å². The molecule has 3 unspecified atom stereocenters. The molecule has 12 amide bonds. The van der Waals surface area contributed by atoms with Crippen molar-refractivity contribution in [2.45, 2.75) is 273 Å². The van der Waals surface area contributed by atoms with Gasteiger partial charge in [-0.2, -0.15) is 26.3 Å². The summed E-state index contributed by atoms with van der Waals surface area (Å²) in [5.74, 6) is -20.0. The predicted octanol–water partition coefficient (Wildman–Crippen LogP) is 7.12. The molecule has 0 aromatic rings. The average Bonchev–Trinajstić information content (AvgIpc) is 0.916. The number of nitrogens with one attached hydrogen (secondary N) is 3. The van der Waals surface area contributed by atoms with E-state index in [1.165, 1.54) is 71.0 Å². The van der Waals surface area contributed by atoms with Crippen LogP contribution in [0.1, 0.15) is 189 Å². The van der Waals surface area contributed by atoms with E-state index in [0.717, 1.165) is 24.5 Å². The average molecular weight is 1540 g/mol. The van der Waals surface area contributed by atoms with E-state index in [1.54, 1.807) is 34.6 Å². The zero-order valence-electron chi connectivity index (χ0n) is 63.7. The van der Waals surface area contributed by atoms with Crippen molar-refractivity contribution in [2.75, 3.05) is 75.5 Å². The van der Waals surface area contributed by atoms with Crippen LogP contribution in [0.3, 0.4) is 0 Å². The number of carbonyl (C=O) groups excluding carboxylic acids is 12. The summed E-state index contributed by atoms with van der Waals surface area (Å²) < 4.78 is 117. The van der Waals surface area contributed by atoms with E-state index in [-0.39, 0.29) is 109 Å². The van der Waals surface area contributed by atoms with Gasteiger partial charge in [0.05, 0.1) is 31.3 Å².